The van der Waals surface area contributed by atoms with Crippen molar-refractivity contribution < 1.29 is 22.0 Å². The molecule has 3 aromatic rings. The van der Waals surface area contributed by atoms with Crippen LogP contribution in [0.15, 0.2) is 54.7 Å². The molecule has 0 atom stereocenters. The van der Waals surface area contributed by atoms with Crippen molar-refractivity contribution in [3.63, 3.8) is 0 Å². The van der Waals surface area contributed by atoms with Gasteiger partial charge in [-0.2, -0.15) is 23.5 Å². The quantitative estimate of drug-likeness (QED) is 0.357. The molecule has 1 aromatic heterocycles. The molecule has 0 radical (unpaired) electrons. The van der Waals surface area contributed by atoms with Gasteiger partial charge in [0.25, 0.3) is 0 Å². The van der Waals surface area contributed by atoms with Gasteiger partial charge in [-0.05, 0) is 35.9 Å². The summed E-state index contributed by atoms with van der Waals surface area (Å²) in [5.74, 6) is -2.19. The van der Waals surface area contributed by atoms with Crippen molar-refractivity contribution in [1.82, 2.24) is 9.78 Å². The first-order chi connectivity index (χ1) is 12.8. The van der Waals surface area contributed by atoms with Crippen LogP contribution >= 0.6 is 0 Å². The van der Waals surface area contributed by atoms with E-state index in [0.717, 1.165) is 16.8 Å². The fourth-order valence-electron chi connectivity index (χ4n) is 2.39. The zero-order chi connectivity index (χ0) is 19.6. The number of hydrogen-bond acceptors (Lipinski definition) is 2. The number of hydrogen-bond donors (Lipinski definition) is 0. The molecule has 0 unspecified atom stereocenters. The van der Waals surface area contributed by atoms with Gasteiger partial charge in [0.05, 0.1) is 17.3 Å². The van der Waals surface area contributed by atoms with Crippen molar-refractivity contribution in [2.45, 2.75) is 6.18 Å². The van der Waals surface area contributed by atoms with E-state index in [-0.39, 0.29) is 11.1 Å². The number of nitriles is 1. The van der Waals surface area contributed by atoms with Crippen LogP contribution in [-0.4, -0.2) is 9.78 Å². The monoisotopic (exact) mass is 375 g/mol. The average molecular weight is 375 g/mol. The minimum absolute atomic E-state index is 0.0850. The maximum Gasteiger partial charge on any atom is 0.435 e. The Kier molecular flexibility index (Phi) is 4.77. The Morgan fingerprint density at radius 2 is 1.74 bits per heavy atom. The van der Waals surface area contributed by atoms with E-state index >= 15 is 0 Å². The van der Waals surface area contributed by atoms with Gasteiger partial charge in [-0.3, -0.25) is 0 Å². The first-order valence-electron chi connectivity index (χ1n) is 7.59. The number of rotatable bonds is 3. The SMILES string of the molecule is N#CC(=Cc1ccc(-n2ccc(C(F)(F)F)n2)cc1)c1cccc(F)c1F. The summed E-state index contributed by atoms with van der Waals surface area (Å²) in [5.41, 5.74) is -0.415. The van der Waals surface area contributed by atoms with Crippen molar-refractivity contribution in [1.29, 1.82) is 5.26 Å². The molecule has 0 saturated heterocycles. The number of benzene rings is 2. The van der Waals surface area contributed by atoms with Crippen LogP contribution in [0.4, 0.5) is 22.0 Å². The summed E-state index contributed by atoms with van der Waals surface area (Å²) in [7, 11) is 0. The Hall–Kier alpha value is -3.47. The molecule has 0 spiro atoms. The third-order valence-corrected chi connectivity index (χ3v) is 3.71. The molecule has 27 heavy (non-hydrogen) atoms. The largest absolute Gasteiger partial charge is 0.435 e. The van der Waals surface area contributed by atoms with E-state index in [9.17, 15) is 27.2 Å². The molecule has 0 bridgehead atoms. The Labute approximate surface area is 150 Å². The van der Waals surface area contributed by atoms with Gasteiger partial charge in [-0.1, -0.05) is 24.3 Å². The normalized spacial score (nSPS) is 12.1. The van der Waals surface area contributed by atoms with Crippen molar-refractivity contribution in [2.24, 2.45) is 0 Å². The van der Waals surface area contributed by atoms with Crippen molar-refractivity contribution in [3.05, 3.63) is 83.2 Å². The summed E-state index contributed by atoms with van der Waals surface area (Å²) < 4.78 is 66.1. The average Bonchev–Trinajstić information content (AvgIpc) is 3.13. The van der Waals surface area contributed by atoms with Crippen molar-refractivity contribution in [3.8, 4) is 11.8 Å². The Bertz CT molecular complexity index is 1040. The minimum Gasteiger partial charge on any atom is -0.240 e. The van der Waals surface area contributed by atoms with Gasteiger partial charge in [0.1, 0.15) is 0 Å². The van der Waals surface area contributed by atoms with E-state index in [0.29, 0.717) is 11.3 Å². The maximum atomic E-state index is 13.9. The summed E-state index contributed by atoms with van der Waals surface area (Å²) in [6, 6.07) is 12.2. The molecule has 2 aromatic carbocycles. The number of allylic oxidation sites excluding steroid dienone is 1. The molecular weight excluding hydrogens is 365 g/mol. The Morgan fingerprint density at radius 1 is 1.04 bits per heavy atom. The van der Waals surface area contributed by atoms with Crippen LogP contribution in [0.1, 0.15) is 16.8 Å². The first kappa shape index (κ1) is 18.3. The van der Waals surface area contributed by atoms with Gasteiger partial charge in [0, 0.05) is 11.8 Å². The number of nitrogens with zero attached hydrogens (tertiary/aromatic N) is 3. The predicted molar refractivity (Wildman–Crippen MR) is 88.4 cm³/mol. The number of alkyl halides is 3. The molecular formula is C19H10F5N3. The van der Waals surface area contributed by atoms with Gasteiger partial charge in [-0.25, -0.2) is 13.5 Å². The van der Waals surface area contributed by atoms with Crippen molar-refractivity contribution in [2.75, 3.05) is 0 Å². The molecule has 136 valence electrons. The summed E-state index contributed by atoms with van der Waals surface area (Å²) >= 11 is 0. The van der Waals surface area contributed by atoms with Crippen LogP contribution in [0.2, 0.25) is 0 Å². The van der Waals surface area contributed by atoms with E-state index in [4.69, 9.17) is 0 Å². The molecule has 0 saturated carbocycles. The highest BCUT2D eigenvalue weighted by atomic mass is 19.4. The van der Waals surface area contributed by atoms with Crippen LogP contribution in [-0.2, 0) is 6.18 Å². The van der Waals surface area contributed by atoms with Gasteiger partial charge >= 0.3 is 6.18 Å². The third-order valence-electron chi connectivity index (χ3n) is 3.71. The lowest BCUT2D eigenvalue weighted by molar-refractivity contribution is -0.141. The lowest BCUT2D eigenvalue weighted by atomic mass is 10.0. The molecule has 0 N–H and O–H groups in total. The minimum atomic E-state index is -4.54. The lowest BCUT2D eigenvalue weighted by Crippen LogP contribution is -2.07. The van der Waals surface area contributed by atoms with E-state index in [2.05, 4.69) is 5.10 Å². The summed E-state index contributed by atoms with van der Waals surface area (Å²) in [5, 5.41) is 12.7. The molecule has 1 heterocycles. The molecule has 3 nitrogen and oxygen atoms in total. The zero-order valence-corrected chi connectivity index (χ0v) is 13.5. The second-order valence-corrected chi connectivity index (χ2v) is 5.51. The molecule has 0 aliphatic carbocycles. The Morgan fingerprint density at radius 3 is 2.33 bits per heavy atom. The highest BCUT2D eigenvalue weighted by molar-refractivity contribution is 5.89. The number of halogens is 5. The van der Waals surface area contributed by atoms with Gasteiger partial charge in [-0.15, -0.1) is 0 Å². The van der Waals surface area contributed by atoms with Gasteiger partial charge in [0.15, 0.2) is 17.3 Å². The van der Waals surface area contributed by atoms with E-state index in [1.165, 1.54) is 48.7 Å². The summed E-state index contributed by atoms with van der Waals surface area (Å²) in [6.45, 7) is 0. The highest BCUT2D eigenvalue weighted by Crippen LogP contribution is 2.28. The van der Waals surface area contributed by atoms with Gasteiger partial charge < -0.3 is 0 Å². The molecule has 3 rings (SSSR count). The smallest absolute Gasteiger partial charge is 0.240 e. The molecule has 0 aliphatic heterocycles. The van der Waals surface area contributed by atoms with Crippen molar-refractivity contribution >= 4 is 11.6 Å². The fraction of sp³-hybridized carbons (Fsp3) is 0.0526. The molecule has 0 fully saturated rings. The maximum absolute atomic E-state index is 13.9. The first-order valence-corrected chi connectivity index (χ1v) is 7.59. The second-order valence-electron chi connectivity index (χ2n) is 5.51. The van der Waals surface area contributed by atoms with Crippen LogP contribution < -0.4 is 0 Å². The predicted octanol–water partition coefficient (Wildman–Crippen LogP) is 5.23. The highest BCUT2D eigenvalue weighted by Gasteiger charge is 2.33. The van der Waals surface area contributed by atoms with Crippen LogP contribution in [0.25, 0.3) is 17.3 Å². The summed E-state index contributed by atoms with van der Waals surface area (Å²) in [6.07, 6.45) is -2.01. The second kappa shape index (κ2) is 7.03. The van der Waals surface area contributed by atoms with E-state index in [1.54, 1.807) is 0 Å². The molecule has 0 aliphatic rings. The van der Waals surface area contributed by atoms with Crippen LogP contribution in [0, 0.1) is 23.0 Å². The molecule has 8 heteroatoms. The fourth-order valence-corrected chi connectivity index (χ4v) is 2.39. The standard InChI is InChI=1S/C19H10F5N3/c20-16-3-1-2-15(18(16)21)13(11-25)10-12-4-6-14(7-5-12)27-9-8-17(26-27)19(22,23)24/h1-10H. The lowest BCUT2D eigenvalue weighted by Gasteiger charge is -2.05. The van der Waals surface area contributed by atoms with Gasteiger partial charge in [0.2, 0.25) is 0 Å². The molecule has 0 amide bonds. The topological polar surface area (TPSA) is 41.6 Å². The Balaban J connectivity index is 1.91. The zero-order valence-electron chi connectivity index (χ0n) is 13.5. The van der Waals surface area contributed by atoms with E-state index < -0.39 is 23.5 Å². The van der Waals surface area contributed by atoms with Crippen LogP contribution in [0.5, 0.6) is 0 Å². The van der Waals surface area contributed by atoms with E-state index in [1.807, 2.05) is 6.07 Å². The van der Waals surface area contributed by atoms with Crippen LogP contribution in [0.3, 0.4) is 0 Å². The third kappa shape index (κ3) is 3.87. The number of aromatic nitrogens is 2. The summed E-state index contributed by atoms with van der Waals surface area (Å²) in [4.78, 5) is 0.